The van der Waals surface area contributed by atoms with Crippen LogP contribution in [0.4, 0.5) is 0 Å². The van der Waals surface area contributed by atoms with Crippen LogP contribution in [0.2, 0.25) is 0 Å². The Balaban J connectivity index is 2.89. The molecule has 0 amide bonds. The summed E-state index contributed by atoms with van der Waals surface area (Å²) in [6.45, 7) is 19.7. The lowest BCUT2D eigenvalue weighted by Gasteiger charge is -2.34. The van der Waals surface area contributed by atoms with E-state index in [9.17, 15) is 10.2 Å². The molecule has 0 radical (unpaired) electrons. The van der Waals surface area contributed by atoms with Crippen molar-refractivity contribution in [1.82, 2.24) is 0 Å². The van der Waals surface area contributed by atoms with Crippen molar-refractivity contribution in [2.75, 3.05) is 0 Å². The van der Waals surface area contributed by atoms with Crippen molar-refractivity contribution in [2.24, 2.45) is 0 Å². The SMILES string of the molecule is CCCC(c1cc(C)c(O)cc1C(C)(C)CC)c1cc(C)c(O)cc1C(C)(C)CC. The van der Waals surface area contributed by atoms with Gasteiger partial charge >= 0.3 is 0 Å². The molecule has 0 bridgehead atoms. The quantitative estimate of drug-likeness (QED) is 0.462. The van der Waals surface area contributed by atoms with Gasteiger partial charge in [0, 0.05) is 5.92 Å². The van der Waals surface area contributed by atoms with E-state index in [4.69, 9.17) is 0 Å². The van der Waals surface area contributed by atoms with Crippen molar-refractivity contribution >= 4 is 0 Å². The maximum Gasteiger partial charge on any atom is 0.118 e. The molecular formula is C28H42O2. The van der Waals surface area contributed by atoms with Gasteiger partial charge in [0.05, 0.1) is 0 Å². The van der Waals surface area contributed by atoms with Gasteiger partial charge in [-0.3, -0.25) is 0 Å². The lowest BCUT2D eigenvalue weighted by atomic mass is 9.70. The second-order valence-corrected chi connectivity index (χ2v) is 10.3. The molecular weight excluding hydrogens is 368 g/mol. The first-order chi connectivity index (χ1) is 13.9. The zero-order valence-corrected chi connectivity index (χ0v) is 20.6. The first kappa shape index (κ1) is 24.3. The molecule has 0 saturated carbocycles. The standard InChI is InChI=1S/C28H42O2/c1-10-13-20(21-14-18(4)25(29)16-23(21)27(6,7)11-2)22-15-19(5)26(30)17-24(22)28(8,9)12-3/h14-17,20,29-30H,10-13H2,1-9H3. The maximum absolute atomic E-state index is 10.5. The minimum absolute atomic E-state index is 0.0289. The molecule has 0 fully saturated rings. The smallest absolute Gasteiger partial charge is 0.118 e. The fraction of sp³-hybridized carbons (Fsp3) is 0.571. The van der Waals surface area contributed by atoms with Crippen LogP contribution >= 0.6 is 0 Å². The molecule has 0 unspecified atom stereocenters. The molecule has 0 aromatic heterocycles. The van der Waals surface area contributed by atoms with Gasteiger partial charge in [-0.25, -0.2) is 0 Å². The van der Waals surface area contributed by atoms with Crippen LogP contribution in [0.1, 0.15) is 113 Å². The molecule has 2 aromatic carbocycles. The van der Waals surface area contributed by atoms with Crippen LogP contribution in [-0.4, -0.2) is 10.2 Å². The normalized spacial score (nSPS) is 12.6. The molecule has 0 aliphatic carbocycles. The average Bonchev–Trinajstić information content (AvgIpc) is 2.69. The highest BCUT2D eigenvalue weighted by molar-refractivity contribution is 5.53. The summed E-state index contributed by atoms with van der Waals surface area (Å²) in [6.07, 6.45) is 4.11. The highest BCUT2D eigenvalue weighted by Crippen LogP contribution is 2.45. The van der Waals surface area contributed by atoms with Crippen molar-refractivity contribution in [3.63, 3.8) is 0 Å². The molecule has 2 rings (SSSR count). The Labute approximate surface area is 184 Å². The van der Waals surface area contributed by atoms with Gasteiger partial charge in [0.2, 0.25) is 0 Å². The molecule has 0 spiro atoms. The Morgan fingerprint density at radius 1 is 0.700 bits per heavy atom. The summed E-state index contributed by atoms with van der Waals surface area (Å²) in [5.74, 6) is 0.985. The lowest BCUT2D eigenvalue weighted by molar-refractivity contribution is 0.452. The minimum Gasteiger partial charge on any atom is -0.508 e. The molecule has 2 aromatic rings. The van der Waals surface area contributed by atoms with Gasteiger partial charge in [-0.15, -0.1) is 0 Å². The number of hydrogen-bond acceptors (Lipinski definition) is 2. The van der Waals surface area contributed by atoms with E-state index in [0.717, 1.165) is 36.8 Å². The molecule has 2 nitrogen and oxygen atoms in total. The number of hydrogen-bond donors (Lipinski definition) is 2. The van der Waals surface area contributed by atoms with Crippen molar-refractivity contribution in [3.8, 4) is 11.5 Å². The number of phenolic OH excluding ortho intramolecular Hbond substituents is 2. The zero-order chi connectivity index (χ0) is 22.9. The van der Waals surface area contributed by atoms with E-state index < -0.39 is 0 Å². The van der Waals surface area contributed by atoms with Crippen molar-refractivity contribution in [3.05, 3.63) is 57.6 Å². The van der Waals surface area contributed by atoms with Gasteiger partial charge in [-0.1, -0.05) is 67.0 Å². The van der Waals surface area contributed by atoms with Gasteiger partial charge in [-0.2, -0.15) is 0 Å². The number of aryl methyl sites for hydroxylation is 2. The van der Waals surface area contributed by atoms with Gasteiger partial charge in [-0.05, 0) is 89.5 Å². The topological polar surface area (TPSA) is 40.5 Å². The second-order valence-electron chi connectivity index (χ2n) is 10.3. The van der Waals surface area contributed by atoms with Crippen LogP contribution in [0, 0.1) is 13.8 Å². The van der Waals surface area contributed by atoms with Crippen molar-refractivity contribution in [1.29, 1.82) is 0 Å². The molecule has 0 heterocycles. The monoisotopic (exact) mass is 410 g/mol. The third-order valence-corrected chi connectivity index (χ3v) is 7.29. The molecule has 0 atom stereocenters. The Morgan fingerprint density at radius 3 is 1.37 bits per heavy atom. The fourth-order valence-corrected chi connectivity index (χ4v) is 4.33. The molecule has 2 N–H and O–H groups in total. The van der Waals surface area contributed by atoms with Crippen molar-refractivity contribution in [2.45, 2.75) is 105 Å². The number of rotatable bonds is 8. The largest absolute Gasteiger partial charge is 0.508 e. The van der Waals surface area contributed by atoms with E-state index >= 15 is 0 Å². The van der Waals surface area contributed by atoms with Crippen LogP contribution < -0.4 is 0 Å². The fourth-order valence-electron chi connectivity index (χ4n) is 4.33. The maximum atomic E-state index is 10.5. The zero-order valence-electron chi connectivity index (χ0n) is 20.6. The van der Waals surface area contributed by atoms with Gasteiger partial charge in [0.15, 0.2) is 0 Å². The van der Waals surface area contributed by atoms with Gasteiger partial charge < -0.3 is 10.2 Å². The van der Waals surface area contributed by atoms with E-state index in [1.54, 1.807) is 0 Å². The van der Waals surface area contributed by atoms with E-state index in [-0.39, 0.29) is 16.7 Å². The number of phenols is 2. The Bertz CT molecular complexity index is 818. The first-order valence-corrected chi connectivity index (χ1v) is 11.6. The molecule has 0 aliphatic heterocycles. The summed E-state index contributed by atoms with van der Waals surface area (Å²) in [5.41, 5.74) is 6.89. The Hall–Kier alpha value is -1.96. The third-order valence-electron chi connectivity index (χ3n) is 7.29. The average molecular weight is 411 g/mol. The van der Waals surface area contributed by atoms with Crippen LogP contribution in [-0.2, 0) is 10.8 Å². The van der Waals surface area contributed by atoms with Crippen molar-refractivity contribution < 1.29 is 10.2 Å². The van der Waals surface area contributed by atoms with Crippen LogP contribution in [0.25, 0.3) is 0 Å². The van der Waals surface area contributed by atoms with Gasteiger partial charge in [0.1, 0.15) is 11.5 Å². The summed E-state index contributed by atoms with van der Waals surface area (Å²) in [5, 5.41) is 21.1. The number of benzene rings is 2. The number of aromatic hydroxyl groups is 2. The molecule has 0 aliphatic rings. The predicted octanol–water partition coefficient (Wildman–Crippen LogP) is 8.02. The minimum atomic E-state index is -0.0289. The predicted molar refractivity (Wildman–Crippen MR) is 129 cm³/mol. The summed E-state index contributed by atoms with van der Waals surface area (Å²) in [4.78, 5) is 0. The van der Waals surface area contributed by atoms with Gasteiger partial charge in [0.25, 0.3) is 0 Å². The lowest BCUT2D eigenvalue weighted by Crippen LogP contribution is -2.23. The van der Waals surface area contributed by atoms with Crippen LogP contribution in [0.15, 0.2) is 24.3 Å². The van der Waals surface area contributed by atoms with E-state index in [1.807, 2.05) is 26.0 Å². The highest BCUT2D eigenvalue weighted by Gasteiger charge is 2.31. The van der Waals surface area contributed by atoms with E-state index in [1.165, 1.54) is 22.3 Å². The molecule has 0 saturated heterocycles. The van der Waals surface area contributed by atoms with E-state index in [0.29, 0.717) is 11.5 Å². The first-order valence-electron chi connectivity index (χ1n) is 11.6. The molecule has 30 heavy (non-hydrogen) atoms. The van der Waals surface area contributed by atoms with E-state index in [2.05, 4.69) is 60.6 Å². The Kier molecular flexibility index (Phi) is 7.32. The van der Waals surface area contributed by atoms with Crippen LogP contribution in [0.3, 0.4) is 0 Å². The Morgan fingerprint density at radius 2 is 1.07 bits per heavy atom. The third kappa shape index (κ3) is 4.68. The summed E-state index contributed by atoms with van der Waals surface area (Å²) in [7, 11) is 0. The molecule has 166 valence electrons. The summed E-state index contributed by atoms with van der Waals surface area (Å²) >= 11 is 0. The molecule has 2 heteroatoms. The second kappa shape index (κ2) is 9.04. The highest BCUT2D eigenvalue weighted by atomic mass is 16.3. The van der Waals surface area contributed by atoms with Crippen LogP contribution in [0.5, 0.6) is 11.5 Å². The summed E-state index contributed by atoms with van der Waals surface area (Å²) in [6, 6.07) is 8.39. The summed E-state index contributed by atoms with van der Waals surface area (Å²) < 4.78 is 0.